The van der Waals surface area contributed by atoms with Gasteiger partial charge in [-0.15, -0.1) is 6.42 Å². The summed E-state index contributed by atoms with van der Waals surface area (Å²) in [6, 6.07) is 6.47. The van der Waals surface area contributed by atoms with E-state index in [1.807, 2.05) is 11.6 Å². The van der Waals surface area contributed by atoms with Crippen LogP contribution in [0.5, 0.6) is 0 Å². The van der Waals surface area contributed by atoms with Gasteiger partial charge in [0.25, 0.3) is 5.69 Å². The molecule has 0 N–H and O–H groups in total. The molecule has 15 heavy (non-hydrogen) atoms. The van der Waals surface area contributed by atoms with E-state index in [9.17, 15) is 10.1 Å². The highest BCUT2D eigenvalue weighted by Gasteiger charge is 2.09. The molecule has 0 fully saturated rings. The Morgan fingerprint density at radius 2 is 2.20 bits per heavy atom. The molecule has 1 heterocycles. The van der Waals surface area contributed by atoms with E-state index in [2.05, 4.69) is 5.92 Å². The Morgan fingerprint density at radius 1 is 1.47 bits per heavy atom. The lowest BCUT2D eigenvalue weighted by Gasteiger charge is -1.97. The molecule has 4 nitrogen and oxygen atoms in total. The minimum Gasteiger partial charge on any atom is -0.337 e. The standard InChI is InChI=1S/C11H8N2O2/c1-3-9-6-8-7-10(13(14)15)4-5-11(8)12(9)2/h1,4-7H,2H3. The molecule has 0 aliphatic carbocycles. The second-order valence-electron chi connectivity index (χ2n) is 3.23. The van der Waals surface area contributed by atoms with Crippen LogP contribution in [0.2, 0.25) is 0 Å². The zero-order chi connectivity index (χ0) is 11.0. The highest BCUT2D eigenvalue weighted by molar-refractivity contribution is 5.84. The highest BCUT2D eigenvalue weighted by atomic mass is 16.6. The zero-order valence-corrected chi connectivity index (χ0v) is 8.10. The van der Waals surface area contributed by atoms with Crippen molar-refractivity contribution >= 4 is 16.6 Å². The van der Waals surface area contributed by atoms with Gasteiger partial charge in [0.05, 0.1) is 10.6 Å². The van der Waals surface area contributed by atoms with Crippen molar-refractivity contribution in [1.82, 2.24) is 4.57 Å². The van der Waals surface area contributed by atoms with Gasteiger partial charge in [-0.2, -0.15) is 0 Å². The Labute approximate surface area is 86.3 Å². The SMILES string of the molecule is C#Cc1cc2cc([N+](=O)[O-])ccc2n1C. The molecular formula is C11H8N2O2. The predicted octanol–water partition coefficient (Wildman–Crippen LogP) is 2.07. The average Bonchev–Trinajstić information content (AvgIpc) is 2.55. The van der Waals surface area contributed by atoms with Crippen molar-refractivity contribution in [2.24, 2.45) is 7.05 Å². The molecule has 0 radical (unpaired) electrons. The van der Waals surface area contributed by atoms with Crippen LogP contribution in [0.1, 0.15) is 5.69 Å². The van der Waals surface area contributed by atoms with Crippen LogP contribution in [-0.4, -0.2) is 9.49 Å². The lowest BCUT2D eigenvalue weighted by molar-refractivity contribution is -0.384. The molecule has 0 unspecified atom stereocenters. The number of rotatable bonds is 1. The number of fused-ring (bicyclic) bond motifs is 1. The number of nitro groups is 1. The molecule has 0 saturated carbocycles. The lowest BCUT2D eigenvalue weighted by atomic mass is 10.2. The molecule has 0 amide bonds. The number of terminal acetylenes is 1. The smallest absolute Gasteiger partial charge is 0.270 e. The number of aryl methyl sites for hydroxylation is 1. The van der Waals surface area contributed by atoms with Crippen molar-refractivity contribution in [3.8, 4) is 12.3 Å². The van der Waals surface area contributed by atoms with E-state index in [4.69, 9.17) is 6.42 Å². The number of hydrogen-bond acceptors (Lipinski definition) is 2. The van der Waals surface area contributed by atoms with Gasteiger partial charge in [-0.25, -0.2) is 0 Å². The van der Waals surface area contributed by atoms with E-state index in [0.717, 1.165) is 10.9 Å². The van der Waals surface area contributed by atoms with Crippen LogP contribution >= 0.6 is 0 Å². The Bertz CT molecular complexity index is 590. The number of nitro benzene ring substituents is 1. The number of benzene rings is 1. The molecule has 4 heteroatoms. The molecule has 0 spiro atoms. The molecule has 1 aromatic heterocycles. The van der Waals surface area contributed by atoms with Gasteiger partial charge in [0, 0.05) is 30.1 Å². The maximum atomic E-state index is 10.6. The molecule has 1 aromatic carbocycles. The maximum Gasteiger partial charge on any atom is 0.270 e. The summed E-state index contributed by atoms with van der Waals surface area (Å²) in [5.74, 6) is 2.53. The fourth-order valence-corrected chi connectivity index (χ4v) is 1.59. The van der Waals surface area contributed by atoms with Gasteiger partial charge in [-0.1, -0.05) is 5.92 Å². The first-order valence-corrected chi connectivity index (χ1v) is 4.34. The number of nitrogens with zero attached hydrogens (tertiary/aromatic N) is 2. The third kappa shape index (κ3) is 1.34. The van der Waals surface area contributed by atoms with E-state index in [1.54, 1.807) is 12.1 Å². The largest absolute Gasteiger partial charge is 0.337 e. The molecule has 2 rings (SSSR count). The summed E-state index contributed by atoms with van der Waals surface area (Å²) in [4.78, 5) is 10.1. The quantitative estimate of drug-likeness (QED) is 0.402. The zero-order valence-electron chi connectivity index (χ0n) is 8.10. The summed E-state index contributed by atoms with van der Waals surface area (Å²) in [6.45, 7) is 0. The van der Waals surface area contributed by atoms with Crippen LogP contribution in [0.25, 0.3) is 10.9 Å². The summed E-state index contributed by atoms with van der Waals surface area (Å²) in [5.41, 5.74) is 1.69. The number of aromatic nitrogens is 1. The van der Waals surface area contributed by atoms with Gasteiger partial charge in [0.2, 0.25) is 0 Å². The Kier molecular flexibility index (Phi) is 1.94. The highest BCUT2D eigenvalue weighted by Crippen LogP contribution is 2.23. The Morgan fingerprint density at radius 3 is 2.80 bits per heavy atom. The van der Waals surface area contributed by atoms with Gasteiger partial charge in [-0.05, 0) is 12.1 Å². The van der Waals surface area contributed by atoms with Crippen molar-refractivity contribution in [2.45, 2.75) is 0 Å². The summed E-state index contributed by atoms with van der Waals surface area (Å²) < 4.78 is 1.83. The van der Waals surface area contributed by atoms with Crippen LogP contribution in [0.4, 0.5) is 5.69 Å². The first-order chi connectivity index (χ1) is 7.13. The molecule has 0 bridgehead atoms. The van der Waals surface area contributed by atoms with Crippen LogP contribution in [-0.2, 0) is 7.05 Å². The molecule has 0 aliphatic heterocycles. The molecule has 0 aliphatic rings. The van der Waals surface area contributed by atoms with E-state index in [-0.39, 0.29) is 5.69 Å². The fraction of sp³-hybridized carbons (Fsp3) is 0.0909. The topological polar surface area (TPSA) is 48.1 Å². The lowest BCUT2D eigenvalue weighted by Crippen LogP contribution is -1.91. The molecule has 0 atom stereocenters. The van der Waals surface area contributed by atoms with Crippen molar-refractivity contribution in [3.63, 3.8) is 0 Å². The predicted molar refractivity (Wildman–Crippen MR) is 57.5 cm³/mol. The minimum atomic E-state index is -0.415. The van der Waals surface area contributed by atoms with Gasteiger partial charge in [-0.3, -0.25) is 10.1 Å². The van der Waals surface area contributed by atoms with Gasteiger partial charge >= 0.3 is 0 Å². The summed E-state index contributed by atoms with van der Waals surface area (Å²) in [7, 11) is 1.84. The molecular weight excluding hydrogens is 192 g/mol. The molecule has 2 aromatic rings. The first kappa shape index (κ1) is 9.28. The first-order valence-electron chi connectivity index (χ1n) is 4.34. The van der Waals surface area contributed by atoms with Crippen LogP contribution in [0.3, 0.4) is 0 Å². The van der Waals surface area contributed by atoms with E-state index >= 15 is 0 Å². The molecule has 74 valence electrons. The van der Waals surface area contributed by atoms with Gasteiger partial charge in [0.1, 0.15) is 0 Å². The van der Waals surface area contributed by atoms with Crippen LogP contribution in [0.15, 0.2) is 24.3 Å². The fourth-order valence-electron chi connectivity index (χ4n) is 1.59. The molecule has 0 saturated heterocycles. The third-order valence-electron chi connectivity index (χ3n) is 2.38. The van der Waals surface area contributed by atoms with Crippen LogP contribution < -0.4 is 0 Å². The van der Waals surface area contributed by atoms with Crippen LogP contribution in [0, 0.1) is 22.5 Å². The number of hydrogen-bond donors (Lipinski definition) is 0. The van der Waals surface area contributed by atoms with Crippen molar-refractivity contribution in [2.75, 3.05) is 0 Å². The van der Waals surface area contributed by atoms with E-state index in [0.29, 0.717) is 5.69 Å². The van der Waals surface area contributed by atoms with E-state index in [1.165, 1.54) is 12.1 Å². The summed E-state index contributed by atoms with van der Waals surface area (Å²) in [6.07, 6.45) is 5.31. The summed E-state index contributed by atoms with van der Waals surface area (Å²) >= 11 is 0. The second-order valence-corrected chi connectivity index (χ2v) is 3.23. The summed E-state index contributed by atoms with van der Waals surface area (Å²) in [5, 5.41) is 11.4. The monoisotopic (exact) mass is 200 g/mol. The Balaban J connectivity index is 2.75. The average molecular weight is 200 g/mol. The van der Waals surface area contributed by atoms with Gasteiger partial charge in [0.15, 0.2) is 0 Å². The minimum absolute atomic E-state index is 0.0803. The van der Waals surface area contributed by atoms with Crippen molar-refractivity contribution in [3.05, 3.63) is 40.1 Å². The Hall–Kier alpha value is -2.28. The van der Waals surface area contributed by atoms with Gasteiger partial charge < -0.3 is 4.57 Å². The second kappa shape index (κ2) is 3.14. The van der Waals surface area contributed by atoms with Crippen molar-refractivity contribution < 1.29 is 4.92 Å². The number of non-ortho nitro benzene ring substituents is 1. The normalized spacial score (nSPS) is 10.1. The maximum absolute atomic E-state index is 10.6. The van der Waals surface area contributed by atoms with Crippen molar-refractivity contribution in [1.29, 1.82) is 0 Å². The third-order valence-corrected chi connectivity index (χ3v) is 2.38. The van der Waals surface area contributed by atoms with E-state index < -0.39 is 4.92 Å².